The average Bonchev–Trinajstić information content (AvgIpc) is 2.68. The second-order valence-electron chi connectivity index (χ2n) is 6.87. The summed E-state index contributed by atoms with van der Waals surface area (Å²) in [4.78, 5) is 12.1. The highest BCUT2D eigenvalue weighted by Crippen LogP contribution is 2.18. The largest absolute Gasteiger partial charge is 0.493 e. The summed E-state index contributed by atoms with van der Waals surface area (Å²) in [5, 5.41) is 6.31. The molecule has 0 heterocycles. The maximum Gasteiger partial charge on any atom is 0.239 e. The van der Waals surface area contributed by atoms with Crippen LogP contribution in [0.2, 0.25) is 0 Å². The number of amides is 1. The third-order valence-corrected chi connectivity index (χ3v) is 4.76. The first-order valence-corrected chi connectivity index (χ1v) is 9.59. The first-order chi connectivity index (χ1) is 12.8. The third kappa shape index (κ3) is 6.10. The molecule has 0 atom stereocenters. The number of ether oxygens (including phenoxy) is 1. The Hall–Kier alpha value is -2.49. The molecule has 3 rings (SSSR count). The van der Waals surface area contributed by atoms with E-state index in [1.165, 1.54) is 24.8 Å². The van der Waals surface area contributed by atoms with E-state index in [1.54, 1.807) is 0 Å². The smallest absolute Gasteiger partial charge is 0.239 e. The zero-order chi connectivity index (χ0) is 18.0. The van der Waals surface area contributed by atoms with Crippen molar-refractivity contribution >= 4 is 11.6 Å². The number of hydrogen-bond donors (Lipinski definition) is 2. The molecule has 0 bridgehead atoms. The summed E-state index contributed by atoms with van der Waals surface area (Å²) in [6, 6.07) is 18.4. The van der Waals surface area contributed by atoms with Crippen molar-refractivity contribution in [2.75, 3.05) is 18.5 Å². The number of carbonyl (C=O) groups excluding carboxylic acids is 1. The molecule has 1 amide bonds. The molecule has 0 saturated heterocycles. The summed E-state index contributed by atoms with van der Waals surface area (Å²) in [6.45, 7) is 0.930. The molecule has 1 saturated carbocycles. The van der Waals surface area contributed by atoms with Gasteiger partial charge in [0.15, 0.2) is 0 Å². The van der Waals surface area contributed by atoms with Crippen LogP contribution in [0.15, 0.2) is 54.6 Å². The van der Waals surface area contributed by atoms with Gasteiger partial charge >= 0.3 is 0 Å². The van der Waals surface area contributed by atoms with E-state index < -0.39 is 0 Å². The number of rotatable bonds is 8. The molecule has 26 heavy (non-hydrogen) atoms. The Kier molecular flexibility index (Phi) is 6.94. The zero-order valence-corrected chi connectivity index (χ0v) is 15.2. The van der Waals surface area contributed by atoms with Crippen LogP contribution < -0.4 is 15.4 Å². The topological polar surface area (TPSA) is 50.4 Å². The van der Waals surface area contributed by atoms with Crippen LogP contribution >= 0.6 is 0 Å². The Morgan fingerprint density at radius 2 is 1.81 bits per heavy atom. The first kappa shape index (κ1) is 18.3. The lowest BCUT2D eigenvalue weighted by Crippen LogP contribution is -2.39. The van der Waals surface area contributed by atoms with Crippen molar-refractivity contribution in [2.24, 2.45) is 0 Å². The van der Waals surface area contributed by atoms with Crippen LogP contribution in [0.3, 0.4) is 0 Å². The zero-order valence-electron chi connectivity index (χ0n) is 15.2. The molecule has 0 aliphatic heterocycles. The monoisotopic (exact) mass is 352 g/mol. The van der Waals surface area contributed by atoms with Gasteiger partial charge in [0.05, 0.1) is 13.2 Å². The van der Waals surface area contributed by atoms with Gasteiger partial charge in [0.2, 0.25) is 5.91 Å². The number of benzene rings is 2. The molecule has 0 radical (unpaired) electrons. The predicted octanol–water partition coefficient (Wildman–Crippen LogP) is 4.17. The van der Waals surface area contributed by atoms with Crippen LogP contribution in [0.1, 0.15) is 37.7 Å². The van der Waals surface area contributed by atoms with E-state index >= 15 is 0 Å². The summed E-state index contributed by atoms with van der Waals surface area (Å²) in [7, 11) is 0. The lowest BCUT2D eigenvalue weighted by atomic mass is 9.95. The van der Waals surface area contributed by atoms with Gasteiger partial charge in [-0.15, -0.1) is 0 Å². The summed E-state index contributed by atoms with van der Waals surface area (Å²) in [6.07, 6.45) is 6.83. The Morgan fingerprint density at radius 3 is 2.62 bits per heavy atom. The van der Waals surface area contributed by atoms with Crippen molar-refractivity contribution in [1.29, 1.82) is 0 Å². The van der Waals surface area contributed by atoms with Gasteiger partial charge in [0.25, 0.3) is 0 Å². The van der Waals surface area contributed by atoms with Crippen LogP contribution in [0.5, 0.6) is 5.75 Å². The van der Waals surface area contributed by atoms with E-state index in [9.17, 15) is 4.79 Å². The van der Waals surface area contributed by atoms with E-state index in [0.717, 1.165) is 30.7 Å². The van der Waals surface area contributed by atoms with Gasteiger partial charge in [0.1, 0.15) is 5.75 Å². The van der Waals surface area contributed by atoms with Crippen molar-refractivity contribution in [3.8, 4) is 5.75 Å². The van der Waals surface area contributed by atoms with Gasteiger partial charge in [-0.3, -0.25) is 4.79 Å². The van der Waals surface area contributed by atoms with E-state index in [2.05, 4.69) is 22.8 Å². The molecular weight excluding hydrogens is 324 g/mol. The van der Waals surface area contributed by atoms with Gasteiger partial charge in [0, 0.05) is 24.2 Å². The molecule has 2 aromatic carbocycles. The van der Waals surface area contributed by atoms with E-state index in [4.69, 9.17) is 4.74 Å². The van der Waals surface area contributed by atoms with E-state index in [1.807, 2.05) is 42.5 Å². The number of carbonyl (C=O) groups is 1. The summed E-state index contributed by atoms with van der Waals surface area (Å²) in [5.74, 6) is 0.880. The van der Waals surface area contributed by atoms with Crippen molar-refractivity contribution in [3.05, 3.63) is 60.2 Å². The molecule has 1 aliphatic carbocycles. The fourth-order valence-electron chi connectivity index (χ4n) is 3.34. The second kappa shape index (κ2) is 9.85. The third-order valence-electron chi connectivity index (χ3n) is 4.76. The maximum atomic E-state index is 12.1. The highest BCUT2D eigenvalue weighted by molar-refractivity contribution is 5.81. The van der Waals surface area contributed by atoms with Crippen LogP contribution in [-0.4, -0.2) is 25.1 Å². The first-order valence-electron chi connectivity index (χ1n) is 9.59. The normalized spacial score (nSPS) is 14.6. The van der Waals surface area contributed by atoms with Gasteiger partial charge in [-0.25, -0.2) is 0 Å². The number of hydrogen-bond acceptors (Lipinski definition) is 3. The maximum absolute atomic E-state index is 12.1. The molecular formula is C22H28N2O2. The van der Waals surface area contributed by atoms with Gasteiger partial charge in [-0.1, -0.05) is 55.7 Å². The lowest BCUT2D eigenvalue weighted by Gasteiger charge is -2.22. The molecule has 1 fully saturated rings. The number of anilines is 1. The minimum absolute atomic E-state index is 0.0623. The summed E-state index contributed by atoms with van der Waals surface area (Å²) in [5.41, 5.74) is 2.17. The van der Waals surface area contributed by atoms with Gasteiger partial charge < -0.3 is 15.4 Å². The highest BCUT2D eigenvalue weighted by Gasteiger charge is 2.15. The predicted molar refractivity (Wildman–Crippen MR) is 106 cm³/mol. The van der Waals surface area contributed by atoms with Gasteiger partial charge in [-0.05, 0) is 30.5 Å². The SMILES string of the molecule is O=C(CNc1cccc(OCCc2ccccc2)c1)NC1CCCCC1. The Bertz CT molecular complexity index is 682. The Labute approximate surface area is 156 Å². The Balaban J connectivity index is 1.41. The van der Waals surface area contributed by atoms with Crippen LogP contribution in [0.25, 0.3) is 0 Å². The lowest BCUT2D eigenvalue weighted by molar-refractivity contribution is -0.120. The van der Waals surface area contributed by atoms with E-state index in [-0.39, 0.29) is 5.91 Å². The number of nitrogens with one attached hydrogen (secondary N) is 2. The molecule has 138 valence electrons. The standard InChI is InChI=1S/C22H28N2O2/c25-22(24-19-10-5-2-6-11-19)17-23-20-12-7-13-21(16-20)26-15-14-18-8-3-1-4-9-18/h1,3-4,7-9,12-13,16,19,23H,2,5-6,10-11,14-15,17H2,(H,24,25). The summed E-state index contributed by atoms with van der Waals surface area (Å²) < 4.78 is 5.84. The fourth-order valence-corrected chi connectivity index (χ4v) is 3.34. The molecule has 4 nitrogen and oxygen atoms in total. The summed E-state index contributed by atoms with van der Waals surface area (Å²) >= 11 is 0. The van der Waals surface area contributed by atoms with Crippen LogP contribution in [0.4, 0.5) is 5.69 Å². The minimum Gasteiger partial charge on any atom is -0.493 e. The second-order valence-corrected chi connectivity index (χ2v) is 6.87. The average molecular weight is 352 g/mol. The fraction of sp³-hybridized carbons (Fsp3) is 0.409. The molecule has 1 aliphatic rings. The van der Waals surface area contributed by atoms with Crippen molar-refractivity contribution < 1.29 is 9.53 Å². The van der Waals surface area contributed by atoms with Crippen LogP contribution in [0, 0.1) is 0 Å². The molecule has 2 N–H and O–H groups in total. The molecule has 0 unspecified atom stereocenters. The quantitative estimate of drug-likeness (QED) is 0.750. The van der Waals surface area contributed by atoms with Crippen molar-refractivity contribution in [2.45, 2.75) is 44.6 Å². The molecule has 0 aromatic heterocycles. The molecule has 2 aromatic rings. The van der Waals surface area contributed by atoms with Crippen molar-refractivity contribution in [1.82, 2.24) is 5.32 Å². The Morgan fingerprint density at radius 1 is 1.00 bits per heavy atom. The minimum atomic E-state index is 0.0623. The molecule has 0 spiro atoms. The van der Waals surface area contributed by atoms with Gasteiger partial charge in [-0.2, -0.15) is 0 Å². The van der Waals surface area contributed by atoms with Crippen LogP contribution in [-0.2, 0) is 11.2 Å². The highest BCUT2D eigenvalue weighted by atomic mass is 16.5. The molecule has 4 heteroatoms. The van der Waals surface area contributed by atoms with E-state index in [0.29, 0.717) is 19.2 Å². The van der Waals surface area contributed by atoms with Crippen molar-refractivity contribution in [3.63, 3.8) is 0 Å².